The van der Waals surface area contributed by atoms with E-state index in [0.29, 0.717) is 11.3 Å². The minimum atomic E-state index is -1.05. The highest BCUT2D eigenvalue weighted by Crippen LogP contribution is 2.21. The van der Waals surface area contributed by atoms with Gasteiger partial charge in [0, 0.05) is 6.07 Å². The number of carbonyl (C=O) groups is 1. The predicted octanol–water partition coefficient (Wildman–Crippen LogP) is 2.55. The maximum Gasteiger partial charge on any atom is 0.320 e. The summed E-state index contributed by atoms with van der Waals surface area (Å²) in [4.78, 5) is 21.2. The van der Waals surface area contributed by atoms with E-state index in [-0.39, 0.29) is 31.1 Å². The summed E-state index contributed by atoms with van der Waals surface area (Å²) in [5.41, 5.74) is 6.74. The van der Waals surface area contributed by atoms with E-state index in [1.54, 1.807) is 42.5 Å². The maximum atomic E-state index is 10.9. The zero-order valence-electron chi connectivity index (χ0n) is 12.6. The van der Waals surface area contributed by atoms with Crippen LogP contribution in [-0.2, 0) is 17.8 Å². The van der Waals surface area contributed by atoms with Gasteiger partial charge >= 0.3 is 5.97 Å². The molecule has 24 heavy (non-hydrogen) atoms. The summed E-state index contributed by atoms with van der Waals surface area (Å²) in [5, 5.41) is 19.7. The van der Waals surface area contributed by atoms with E-state index >= 15 is 0 Å². The number of aliphatic carboxylic acids is 1. The highest BCUT2D eigenvalue weighted by atomic mass is 35.5. The quantitative estimate of drug-likeness (QED) is 0.584. The normalized spacial score (nSPS) is 11.2. The standard InChI is InChI=1S/C16H16N2O5.ClH/c17-14(16(19)20)9-11-5-7-13(8-6-11)23-10-12-3-1-2-4-15(12)18(21)22;/h1-8,14H,9-10,17H2,(H,19,20);1H. The Morgan fingerprint density at radius 2 is 1.83 bits per heavy atom. The fraction of sp³-hybridized carbons (Fsp3) is 0.188. The summed E-state index contributed by atoms with van der Waals surface area (Å²) < 4.78 is 5.54. The van der Waals surface area contributed by atoms with Crippen molar-refractivity contribution in [3.05, 3.63) is 69.8 Å². The minimum absolute atomic E-state index is 0. The summed E-state index contributed by atoms with van der Waals surface area (Å²) >= 11 is 0. The topological polar surface area (TPSA) is 116 Å². The minimum Gasteiger partial charge on any atom is -0.489 e. The number of nitrogens with zero attached hydrogens (tertiary/aromatic N) is 1. The number of nitro benzene ring substituents is 1. The highest BCUT2D eigenvalue weighted by molar-refractivity contribution is 5.85. The molecule has 0 aliphatic heterocycles. The molecule has 0 aromatic heterocycles. The van der Waals surface area contributed by atoms with Gasteiger partial charge in [-0.05, 0) is 30.2 Å². The molecule has 2 aromatic carbocycles. The van der Waals surface area contributed by atoms with Gasteiger partial charge < -0.3 is 15.6 Å². The Morgan fingerprint density at radius 1 is 1.21 bits per heavy atom. The van der Waals surface area contributed by atoms with E-state index < -0.39 is 16.9 Å². The first kappa shape index (κ1) is 19.4. The largest absolute Gasteiger partial charge is 0.489 e. The highest BCUT2D eigenvalue weighted by Gasteiger charge is 2.13. The number of hydrogen-bond donors (Lipinski definition) is 2. The van der Waals surface area contributed by atoms with Crippen LogP contribution >= 0.6 is 12.4 Å². The molecule has 0 fully saturated rings. The van der Waals surface area contributed by atoms with Crippen molar-refractivity contribution in [1.82, 2.24) is 0 Å². The molecule has 0 aliphatic rings. The second kappa shape index (κ2) is 8.85. The average molecular weight is 353 g/mol. The van der Waals surface area contributed by atoms with Gasteiger partial charge in [-0.3, -0.25) is 14.9 Å². The van der Waals surface area contributed by atoms with Gasteiger partial charge in [-0.2, -0.15) is 0 Å². The molecule has 1 atom stereocenters. The van der Waals surface area contributed by atoms with Crippen molar-refractivity contribution in [2.45, 2.75) is 19.1 Å². The Bertz CT molecular complexity index is 706. The number of benzene rings is 2. The van der Waals surface area contributed by atoms with E-state index in [2.05, 4.69) is 0 Å². The number of carboxylic acid groups (broad SMARTS) is 1. The first-order chi connectivity index (χ1) is 11.0. The maximum absolute atomic E-state index is 10.9. The fourth-order valence-electron chi connectivity index (χ4n) is 2.04. The molecular weight excluding hydrogens is 336 g/mol. The first-order valence-corrected chi connectivity index (χ1v) is 6.90. The smallest absolute Gasteiger partial charge is 0.320 e. The molecule has 128 valence electrons. The number of halogens is 1. The monoisotopic (exact) mass is 352 g/mol. The molecule has 8 heteroatoms. The van der Waals surface area contributed by atoms with E-state index in [1.165, 1.54) is 6.07 Å². The lowest BCUT2D eigenvalue weighted by Crippen LogP contribution is -2.32. The number of ether oxygens (including phenoxy) is 1. The van der Waals surface area contributed by atoms with E-state index in [4.69, 9.17) is 15.6 Å². The number of para-hydroxylation sites is 1. The molecule has 2 aromatic rings. The molecule has 7 nitrogen and oxygen atoms in total. The van der Waals surface area contributed by atoms with Crippen LogP contribution in [0, 0.1) is 10.1 Å². The molecule has 0 bridgehead atoms. The molecule has 0 spiro atoms. The zero-order valence-corrected chi connectivity index (χ0v) is 13.4. The van der Waals surface area contributed by atoms with Gasteiger partial charge in [-0.1, -0.05) is 24.3 Å². The molecule has 0 aliphatic carbocycles. The molecule has 1 unspecified atom stereocenters. The summed E-state index contributed by atoms with van der Waals surface area (Å²) in [5.74, 6) is -0.516. The molecule has 2 rings (SSSR count). The molecular formula is C16H17ClN2O5. The van der Waals surface area contributed by atoms with Crippen LogP contribution in [-0.4, -0.2) is 22.0 Å². The third kappa shape index (κ3) is 5.22. The third-order valence-electron chi connectivity index (χ3n) is 3.28. The SMILES string of the molecule is Cl.NC(Cc1ccc(OCc2ccccc2[N+](=O)[O-])cc1)C(=O)O. The van der Waals surface area contributed by atoms with Gasteiger partial charge in [0.15, 0.2) is 0 Å². The van der Waals surface area contributed by atoms with Crippen LogP contribution in [0.25, 0.3) is 0 Å². The number of nitro groups is 1. The van der Waals surface area contributed by atoms with Crippen molar-refractivity contribution in [2.75, 3.05) is 0 Å². The van der Waals surface area contributed by atoms with E-state index in [0.717, 1.165) is 5.56 Å². The third-order valence-corrected chi connectivity index (χ3v) is 3.28. The van der Waals surface area contributed by atoms with Crippen molar-refractivity contribution in [3.63, 3.8) is 0 Å². The molecule has 3 N–H and O–H groups in total. The number of nitrogens with two attached hydrogens (primary N) is 1. The van der Waals surface area contributed by atoms with Crippen molar-refractivity contribution in [3.8, 4) is 5.75 Å². The van der Waals surface area contributed by atoms with Crippen LogP contribution in [0.3, 0.4) is 0 Å². The Kier molecular flexibility index (Phi) is 7.16. The molecule has 0 saturated carbocycles. The Balaban J connectivity index is 0.00000288. The second-order valence-electron chi connectivity index (χ2n) is 4.97. The van der Waals surface area contributed by atoms with Gasteiger partial charge in [0.1, 0.15) is 18.4 Å². The van der Waals surface area contributed by atoms with Crippen LogP contribution in [0.2, 0.25) is 0 Å². The number of hydrogen-bond acceptors (Lipinski definition) is 5. The summed E-state index contributed by atoms with van der Waals surface area (Å²) in [6.07, 6.45) is 0.222. The lowest BCUT2D eigenvalue weighted by atomic mass is 10.1. The first-order valence-electron chi connectivity index (χ1n) is 6.90. The van der Waals surface area contributed by atoms with E-state index in [1.807, 2.05) is 0 Å². The van der Waals surface area contributed by atoms with Gasteiger partial charge in [-0.25, -0.2) is 0 Å². The summed E-state index contributed by atoms with van der Waals surface area (Å²) in [7, 11) is 0. The van der Waals surface area contributed by atoms with Crippen molar-refractivity contribution in [1.29, 1.82) is 0 Å². The van der Waals surface area contributed by atoms with Crippen LogP contribution in [0.4, 0.5) is 5.69 Å². The average Bonchev–Trinajstić information content (AvgIpc) is 2.54. The molecule has 0 amide bonds. The van der Waals surface area contributed by atoms with Gasteiger partial charge in [0.05, 0.1) is 10.5 Å². The summed E-state index contributed by atoms with van der Waals surface area (Å²) in [6, 6.07) is 12.2. The summed E-state index contributed by atoms with van der Waals surface area (Å²) in [6.45, 7) is 0.0745. The van der Waals surface area contributed by atoms with Crippen LogP contribution in [0.5, 0.6) is 5.75 Å². The lowest BCUT2D eigenvalue weighted by molar-refractivity contribution is -0.385. The van der Waals surface area contributed by atoms with E-state index in [9.17, 15) is 14.9 Å². The lowest BCUT2D eigenvalue weighted by Gasteiger charge is -2.09. The fourth-order valence-corrected chi connectivity index (χ4v) is 2.04. The second-order valence-corrected chi connectivity index (χ2v) is 4.97. The Morgan fingerprint density at radius 3 is 2.42 bits per heavy atom. The number of carboxylic acids is 1. The van der Waals surface area contributed by atoms with Crippen molar-refractivity contribution in [2.24, 2.45) is 5.73 Å². The number of rotatable bonds is 7. The van der Waals surface area contributed by atoms with Gasteiger partial charge in [0.25, 0.3) is 5.69 Å². The van der Waals surface area contributed by atoms with Crippen LogP contribution in [0.1, 0.15) is 11.1 Å². The van der Waals surface area contributed by atoms with Crippen molar-refractivity contribution < 1.29 is 19.6 Å². The molecule has 0 saturated heterocycles. The Hall–Kier alpha value is -2.64. The van der Waals surface area contributed by atoms with Crippen LogP contribution < -0.4 is 10.5 Å². The predicted molar refractivity (Wildman–Crippen MR) is 90.4 cm³/mol. The Labute approximate surface area is 144 Å². The molecule has 0 radical (unpaired) electrons. The van der Waals surface area contributed by atoms with Crippen molar-refractivity contribution >= 4 is 24.1 Å². The zero-order chi connectivity index (χ0) is 16.8. The van der Waals surface area contributed by atoms with Crippen LogP contribution in [0.15, 0.2) is 48.5 Å². The van der Waals surface area contributed by atoms with Gasteiger partial charge in [-0.15, -0.1) is 12.4 Å². The van der Waals surface area contributed by atoms with Gasteiger partial charge in [0.2, 0.25) is 0 Å². The molecule has 0 heterocycles.